The lowest BCUT2D eigenvalue weighted by molar-refractivity contribution is 1.17. The van der Waals surface area contributed by atoms with E-state index < -0.39 is 0 Å². The molecule has 1 aromatic carbocycles. The summed E-state index contributed by atoms with van der Waals surface area (Å²) in [6.45, 7) is 4.33. The van der Waals surface area contributed by atoms with Gasteiger partial charge in [-0.1, -0.05) is 43.7 Å². The van der Waals surface area contributed by atoms with Gasteiger partial charge in [-0.2, -0.15) is 0 Å². The maximum absolute atomic E-state index is 5.82. The molecule has 0 heterocycles. The Balaban J connectivity index is 2.92. The zero-order valence-electron chi connectivity index (χ0n) is 8.18. The Kier molecular flexibility index (Phi) is 4.04. The molecule has 0 unspecified atom stereocenters. The maximum atomic E-state index is 5.82. The van der Waals surface area contributed by atoms with Gasteiger partial charge >= 0.3 is 0 Å². The van der Waals surface area contributed by atoms with Gasteiger partial charge in [-0.15, -0.1) is 0 Å². The Morgan fingerprint density at radius 1 is 1.23 bits per heavy atom. The molecule has 13 heavy (non-hydrogen) atoms. The van der Waals surface area contributed by atoms with Crippen molar-refractivity contribution < 1.29 is 0 Å². The molecule has 0 aromatic heterocycles. The Labute approximate surface area is 85.2 Å². The van der Waals surface area contributed by atoms with Crippen LogP contribution in [0, 0.1) is 0 Å². The summed E-state index contributed by atoms with van der Waals surface area (Å²) in [5, 5.41) is 0.802. The summed E-state index contributed by atoms with van der Waals surface area (Å²) in [5.41, 5.74) is 2.69. The van der Waals surface area contributed by atoms with E-state index >= 15 is 0 Å². The van der Waals surface area contributed by atoms with Crippen LogP contribution in [-0.2, 0) is 0 Å². The molecule has 0 saturated carbocycles. The standard InChI is InChI=1S/C12H15Cl/c1-3-5-10(4-2)11-6-8-12(13)9-7-11/h5-9H,3-4H2,1-2H3/b10-5+. The predicted octanol–water partition coefficient (Wildman–Crippen LogP) is 4.54. The summed E-state index contributed by atoms with van der Waals surface area (Å²) in [5.74, 6) is 0. The first-order valence-corrected chi connectivity index (χ1v) is 5.10. The number of benzene rings is 1. The van der Waals surface area contributed by atoms with Gasteiger partial charge in [0.2, 0.25) is 0 Å². The third-order valence-corrected chi connectivity index (χ3v) is 2.30. The average Bonchev–Trinajstić information content (AvgIpc) is 2.16. The van der Waals surface area contributed by atoms with Crippen LogP contribution in [-0.4, -0.2) is 0 Å². The van der Waals surface area contributed by atoms with E-state index in [1.165, 1.54) is 11.1 Å². The molecule has 0 bridgehead atoms. The monoisotopic (exact) mass is 194 g/mol. The van der Waals surface area contributed by atoms with Crippen LogP contribution in [0.4, 0.5) is 0 Å². The lowest BCUT2D eigenvalue weighted by Gasteiger charge is -2.04. The minimum absolute atomic E-state index is 0.802. The highest BCUT2D eigenvalue weighted by atomic mass is 35.5. The second kappa shape index (κ2) is 5.08. The molecule has 0 nitrogen and oxygen atoms in total. The van der Waals surface area contributed by atoms with Crippen molar-refractivity contribution in [2.75, 3.05) is 0 Å². The van der Waals surface area contributed by atoms with E-state index in [1.54, 1.807) is 0 Å². The zero-order valence-corrected chi connectivity index (χ0v) is 8.93. The van der Waals surface area contributed by atoms with Crippen molar-refractivity contribution in [2.24, 2.45) is 0 Å². The summed E-state index contributed by atoms with van der Waals surface area (Å²) in [6, 6.07) is 8.03. The van der Waals surface area contributed by atoms with Crippen molar-refractivity contribution >= 4 is 17.2 Å². The molecule has 0 radical (unpaired) electrons. The Morgan fingerprint density at radius 2 is 1.85 bits per heavy atom. The summed E-state index contributed by atoms with van der Waals surface area (Å²) in [7, 11) is 0. The van der Waals surface area contributed by atoms with Gasteiger partial charge < -0.3 is 0 Å². The highest BCUT2D eigenvalue weighted by Gasteiger charge is 1.97. The average molecular weight is 195 g/mol. The van der Waals surface area contributed by atoms with Crippen LogP contribution in [0.5, 0.6) is 0 Å². The van der Waals surface area contributed by atoms with Crippen molar-refractivity contribution in [1.29, 1.82) is 0 Å². The van der Waals surface area contributed by atoms with E-state index in [2.05, 4.69) is 32.1 Å². The molecule has 70 valence electrons. The summed E-state index contributed by atoms with van der Waals surface area (Å²) < 4.78 is 0. The molecular weight excluding hydrogens is 180 g/mol. The highest BCUT2D eigenvalue weighted by Crippen LogP contribution is 2.20. The summed E-state index contributed by atoms with van der Waals surface area (Å²) in [4.78, 5) is 0. The largest absolute Gasteiger partial charge is 0.0843 e. The maximum Gasteiger partial charge on any atom is 0.0406 e. The van der Waals surface area contributed by atoms with Crippen LogP contribution in [0.25, 0.3) is 5.57 Å². The van der Waals surface area contributed by atoms with Crippen molar-refractivity contribution in [1.82, 2.24) is 0 Å². The first kappa shape index (κ1) is 10.3. The van der Waals surface area contributed by atoms with E-state index in [-0.39, 0.29) is 0 Å². The Hall–Kier alpha value is -0.750. The van der Waals surface area contributed by atoms with Gasteiger partial charge in [-0.05, 0) is 36.1 Å². The SMILES string of the molecule is CC/C=C(\CC)c1ccc(Cl)cc1. The smallest absolute Gasteiger partial charge is 0.0406 e. The van der Waals surface area contributed by atoms with Gasteiger partial charge in [-0.25, -0.2) is 0 Å². The molecule has 0 amide bonds. The Bertz CT molecular complexity index is 282. The fraction of sp³-hybridized carbons (Fsp3) is 0.333. The number of hydrogen-bond donors (Lipinski definition) is 0. The summed E-state index contributed by atoms with van der Waals surface area (Å²) >= 11 is 5.82. The van der Waals surface area contributed by atoms with E-state index in [9.17, 15) is 0 Å². The van der Waals surface area contributed by atoms with Crippen molar-refractivity contribution in [2.45, 2.75) is 26.7 Å². The molecule has 0 spiro atoms. The number of halogens is 1. The first-order valence-electron chi connectivity index (χ1n) is 4.73. The predicted molar refractivity (Wildman–Crippen MR) is 60.0 cm³/mol. The molecule has 0 atom stereocenters. The van der Waals surface area contributed by atoms with Crippen LogP contribution >= 0.6 is 11.6 Å². The minimum Gasteiger partial charge on any atom is -0.0843 e. The fourth-order valence-electron chi connectivity index (χ4n) is 1.38. The van der Waals surface area contributed by atoms with Crippen molar-refractivity contribution in [3.63, 3.8) is 0 Å². The van der Waals surface area contributed by atoms with Crippen LogP contribution in [0.1, 0.15) is 32.3 Å². The minimum atomic E-state index is 0.802. The normalized spacial score (nSPS) is 11.8. The van der Waals surface area contributed by atoms with Gasteiger partial charge in [0.25, 0.3) is 0 Å². The van der Waals surface area contributed by atoms with E-state index in [4.69, 9.17) is 11.6 Å². The lowest BCUT2D eigenvalue weighted by Crippen LogP contribution is -1.81. The van der Waals surface area contributed by atoms with Gasteiger partial charge in [0.15, 0.2) is 0 Å². The molecule has 0 aliphatic carbocycles. The third-order valence-electron chi connectivity index (χ3n) is 2.05. The summed E-state index contributed by atoms with van der Waals surface area (Å²) in [6.07, 6.45) is 4.44. The van der Waals surface area contributed by atoms with Gasteiger partial charge in [0.1, 0.15) is 0 Å². The molecule has 0 fully saturated rings. The van der Waals surface area contributed by atoms with Crippen molar-refractivity contribution in [3.05, 3.63) is 40.9 Å². The van der Waals surface area contributed by atoms with Crippen LogP contribution < -0.4 is 0 Å². The Morgan fingerprint density at radius 3 is 2.31 bits per heavy atom. The van der Waals surface area contributed by atoms with E-state index in [0.29, 0.717) is 0 Å². The van der Waals surface area contributed by atoms with Crippen LogP contribution in [0.3, 0.4) is 0 Å². The topological polar surface area (TPSA) is 0 Å². The second-order valence-corrected chi connectivity index (χ2v) is 3.43. The number of rotatable bonds is 3. The first-order chi connectivity index (χ1) is 6.27. The molecule has 1 heteroatoms. The van der Waals surface area contributed by atoms with Gasteiger partial charge in [0.05, 0.1) is 0 Å². The highest BCUT2D eigenvalue weighted by molar-refractivity contribution is 6.30. The van der Waals surface area contributed by atoms with E-state index in [0.717, 1.165) is 17.9 Å². The molecule has 0 aliphatic rings. The molecule has 0 N–H and O–H groups in total. The van der Waals surface area contributed by atoms with Gasteiger partial charge in [0, 0.05) is 5.02 Å². The number of hydrogen-bond acceptors (Lipinski definition) is 0. The molecule has 1 rings (SSSR count). The second-order valence-electron chi connectivity index (χ2n) is 3.00. The quantitative estimate of drug-likeness (QED) is 0.663. The number of allylic oxidation sites excluding steroid dienone is 2. The van der Waals surface area contributed by atoms with Crippen LogP contribution in [0.15, 0.2) is 30.3 Å². The van der Waals surface area contributed by atoms with E-state index in [1.807, 2.05) is 12.1 Å². The molecule has 0 saturated heterocycles. The molecule has 0 aliphatic heterocycles. The fourth-order valence-corrected chi connectivity index (χ4v) is 1.50. The van der Waals surface area contributed by atoms with Crippen LogP contribution in [0.2, 0.25) is 5.02 Å². The third kappa shape index (κ3) is 2.89. The molecule has 1 aromatic rings. The molecular formula is C12H15Cl. The van der Waals surface area contributed by atoms with Gasteiger partial charge in [-0.3, -0.25) is 0 Å². The zero-order chi connectivity index (χ0) is 9.68. The van der Waals surface area contributed by atoms with Crippen molar-refractivity contribution in [3.8, 4) is 0 Å². The lowest BCUT2D eigenvalue weighted by atomic mass is 10.0.